The van der Waals surface area contributed by atoms with E-state index in [1.54, 1.807) is 20.9 Å². The minimum absolute atomic E-state index is 0.253. The molecule has 2 rings (SSSR count). The fourth-order valence-electron chi connectivity index (χ4n) is 2.40. The Labute approximate surface area is 143 Å². The highest BCUT2D eigenvalue weighted by Crippen LogP contribution is 2.24. The SMILES string of the molecule is CCc1ccc(NC(=O)C(C)(C)C(=O)N(C)c2ccccc2)cc1. The monoisotopic (exact) mass is 324 g/mol. The number of nitrogens with one attached hydrogen (secondary N) is 1. The second kappa shape index (κ2) is 7.30. The standard InChI is InChI=1S/C20H24N2O2/c1-5-15-11-13-16(14-12-15)21-18(23)20(2,3)19(24)22(4)17-9-7-6-8-10-17/h6-14H,5H2,1-4H3,(H,21,23). The third-order valence-electron chi connectivity index (χ3n) is 4.17. The van der Waals surface area contributed by atoms with E-state index in [4.69, 9.17) is 0 Å². The number of hydrogen-bond acceptors (Lipinski definition) is 2. The summed E-state index contributed by atoms with van der Waals surface area (Å²) < 4.78 is 0. The molecule has 0 aliphatic heterocycles. The maximum atomic E-state index is 12.8. The highest BCUT2D eigenvalue weighted by molar-refractivity contribution is 6.14. The van der Waals surface area contributed by atoms with Gasteiger partial charge in [0, 0.05) is 18.4 Å². The van der Waals surface area contributed by atoms with Crippen molar-refractivity contribution in [2.45, 2.75) is 27.2 Å². The van der Waals surface area contributed by atoms with Crippen molar-refractivity contribution < 1.29 is 9.59 Å². The van der Waals surface area contributed by atoms with Crippen LogP contribution in [0.25, 0.3) is 0 Å². The summed E-state index contributed by atoms with van der Waals surface area (Å²) >= 11 is 0. The molecule has 0 aliphatic carbocycles. The average Bonchev–Trinajstić information content (AvgIpc) is 2.61. The first-order chi connectivity index (χ1) is 11.4. The Morgan fingerprint density at radius 3 is 2.12 bits per heavy atom. The maximum absolute atomic E-state index is 12.8. The second-order valence-electron chi connectivity index (χ2n) is 6.33. The van der Waals surface area contributed by atoms with Crippen molar-refractivity contribution in [2.75, 3.05) is 17.3 Å². The quantitative estimate of drug-likeness (QED) is 0.849. The fourth-order valence-corrected chi connectivity index (χ4v) is 2.40. The number of benzene rings is 2. The van der Waals surface area contributed by atoms with Crippen LogP contribution >= 0.6 is 0 Å². The zero-order chi connectivity index (χ0) is 17.7. The highest BCUT2D eigenvalue weighted by Gasteiger charge is 2.38. The molecule has 0 saturated heterocycles. The molecule has 24 heavy (non-hydrogen) atoms. The van der Waals surface area contributed by atoms with Crippen LogP contribution < -0.4 is 10.2 Å². The Bertz CT molecular complexity index is 706. The summed E-state index contributed by atoms with van der Waals surface area (Å²) in [5, 5.41) is 2.83. The summed E-state index contributed by atoms with van der Waals surface area (Å²) in [7, 11) is 1.68. The Balaban J connectivity index is 2.12. The largest absolute Gasteiger partial charge is 0.325 e. The molecule has 126 valence electrons. The van der Waals surface area contributed by atoms with Crippen LogP contribution in [0.5, 0.6) is 0 Å². The Morgan fingerprint density at radius 2 is 1.58 bits per heavy atom. The smallest absolute Gasteiger partial charge is 0.241 e. The van der Waals surface area contributed by atoms with E-state index in [1.165, 1.54) is 10.5 Å². The van der Waals surface area contributed by atoms with Crippen LogP contribution in [-0.2, 0) is 16.0 Å². The number of anilines is 2. The molecule has 1 N–H and O–H groups in total. The number of carbonyl (C=O) groups is 2. The van der Waals surface area contributed by atoms with E-state index in [0.717, 1.165) is 12.1 Å². The van der Waals surface area contributed by atoms with E-state index in [2.05, 4.69) is 12.2 Å². The van der Waals surface area contributed by atoms with Gasteiger partial charge in [-0.2, -0.15) is 0 Å². The number of rotatable bonds is 5. The maximum Gasteiger partial charge on any atom is 0.241 e. The van der Waals surface area contributed by atoms with Gasteiger partial charge < -0.3 is 10.2 Å². The molecule has 0 radical (unpaired) electrons. The summed E-state index contributed by atoms with van der Waals surface area (Å²) in [6, 6.07) is 17.0. The van der Waals surface area contributed by atoms with Crippen LogP contribution in [-0.4, -0.2) is 18.9 Å². The first kappa shape index (κ1) is 17.7. The predicted molar refractivity (Wildman–Crippen MR) is 98.1 cm³/mol. The van der Waals surface area contributed by atoms with E-state index in [-0.39, 0.29) is 11.8 Å². The van der Waals surface area contributed by atoms with Crippen LogP contribution in [0.1, 0.15) is 26.3 Å². The zero-order valence-corrected chi connectivity index (χ0v) is 14.7. The minimum atomic E-state index is -1.17. The number of amides is 2. The van der Waals surface area contributed by atoms with E-state index >= 15 is 0 Å². The van der Waals surface area contributed by atoms with Crippen LogP contribution in [0, 0.1) is 5.41 Å². The number of aryl methyl sites for hydroxylation is 1. The third-order valence-corrected chi connectivity index (χ3v) is 4.17. The molecule has 0 aliphatic rings. The van der Waals surface area contributed by atoms with Gasteiger partial charge in [0.2, 0.25) is 11.8 Å². The van der Waals surface area contributed by atoms with E-state index in [0.29, 0.717) is 5.69 Å². The summed E-state index contributed by atoms with van der Waals surface area (Å²) in [5.41, 5.74) is 1.48. The molecule has 4 heteroatoms. The van der Waals surface area contributed by atoms with Gasteiger partial charge in [0.05, 0.1) is 0 Å². The molecule has 0 heterocycles. The van der Waals surface area contributed by atoms with Gasteiger partial charge >= 0.3 is 0 Å². The summed E-state index contributed by atoms with van der Waals surface area (Å²) in [6.07, 6.45) is 0.945. The molecule has 0 bridgehead atoms. The third kappa shape index (κ3) is 3.82. The second-order valence-corrected chi connectivity index (χ2v) is 6.33. The van der Waals surface area contributed by atoms with Crippen molar-refractivity contribution >= 4 is 23.2 Å². The van der Waals surface area contributed by atoms with Crippen molar-refractivity contribution in [3.8, 4) is 0 Å². The molecule has 0 aromatic heterocycles. The summed E-state index contributed by atoms with van der Waals surface area (Å²) in [5.74, 6) is -0.573. The van der Waals surface area contributed by atoms with Crippen LogP contribution in [0.3, 0.4) is 0 Å². The minimum Gasteiger partial charge on any atom is -0.325 e. The lowest BCUT2D eigenvalue weighted by atomic mass is 9.90. The van der Waals surface area contributed by atoms with E-state index in [1.807, 2.05) is 54.6 Å². The molecule has 2 amide bonds. The molecular formula is C20H24N2O2. The Hall–Kier alpha value is -2.62. The fraction of sp³-hybridized carbons (Fsp3) is 0.300. The van der Waals surface area contributed by atoms with Gasteiger partial charge in [-0.3, -0.25) is 9.59 Å². The lowest BCUT2D eigenvalue weighted by Gasteiger charge is -2.28. The molecular weight excluding hydrogens is 300 g/mol. The van der Waals surface area contributed by atoms with E-state index < -0.39 is 5.41 Å². The van der Waals surface area contributed by atoms with Crippen molar-refractivity contribution in [1.29, 1.82) is 0 Å². The van der Waals surface area contributed by atoms with Crippen LogP contribution in [0.2, 0.25) is 0 Å². The molecule has 4 nitrogen and oxygen atoms in total. The first-order valence-corrected chi connectivity index (χ1v) is 8.10. The van der Waals surface area contributed by atoms with Gasteiger partial charge in [-0.15, -0.1) is 0 Å². The lowest BCUT2D eigenvalue weighted by molar-refractivity contribution is -0.136. The van der Waals surface area contributed by atoms with Gasteiger partial charge in [0.1, 0.15) is 5.41 Å². The summed E-state index contributed by atoms with van der Waals surface area (Å²) in [6.45, 7) is 5.36. The first-order valence-electron chi connectivity index (χ1n) is 8.10. The summed E-state index contributed by atoms with van der Waals surface area (Å²) in [4.78, 5) is 26.9. The van der Waals surface area contributed by atoms with Crippen molar-refractivity contribution in [3.05, 3.63) is 60.2 Å². The number of hydrogen-bond donors (Lipinski definition) is 1. The zero-order valence-electron chi connectivity index (χ0n) is 14.7. The van der Waals surface area contributed by atoms with Gasteiger partial charge in [-0.05, 0) is 50.1 Å². The molecule has 2 aromatic rings. The number of carbonyl (C=O) groups excluding carboxylic acids is 2. The van der Waals surface area contributed by atoms with Crippen molar-refractivity contribution in [3.63, 3.8) is 0 Å². The van der Waals surface area contributed by atoms with E-state index in [9.17, 15) is 9.59 Å². The van der Waals surface area contributed by atoms with Crippen molar-refractivity contribution in [2.24, 2.45) is 5.41 Å². The molecule has 0 unspecified atom stereocenters. The highest BCUT2D eigenvalue weighted by atomic mass is 16.2. The van der Waals surface area contributed by atoms with Gasteiger partial charge in [0.25, 0.3) is 0 Å². The predicted octanol–water partition coefficient (Wildman–Crippen LogP) is 3.88. The van der Waals surface area contributed by atoms with Crippen LogP contribution in [0.15, 0.2) is 54.6 Å². The topological polar surface area (TPSA) is 49.4 Å². The number of nitrogens with zero attached hydrogens (tertiary/aromatic N) is 1. The molecule has 0 spiro atoms. The van der Waals surface area contributed by atoms with Gasteiger partial charge in [-0.1, -0.05) is 37.3 Å². The Morgan fingerprint density at radius 1 is 1.00 bits per heavy atom. The molecule has 0 saturated carbocycles. The molecule has 0 fully saturated rings. The number of para-hydroxylation sites is 1. The normalized spacial score (nSPS) is 11.0. The van der Waals surface area contributed by atoms with Gasteiger partial charge in [-0.25, -0.2) is 0 Å². The lowest BCUT2D eigenvalue weighted by Crippen LogP contribution is -2.46. The molecule has 2 aromatic carbocycles. The van der Waals surface area contributed by atoms with Crippen LogP contribution in [0.4, 0.5) is 11.4 Å². The van der Waals surface area contributed by atoms with Crippen molar-refractivity contribution in [1.82, 2.24) is 0 Å². The van der Waals surface area contributed by atoms with Gasteiger partial charge in [0.15, 0.2) is 0 Å². The average molecular weight is 324 g/mol. The Kier molecular flexibility index (Phi) is 5.39. The molecule has 0 atom stereocenters.